The molecule has 0 radical (unpaired) electrons. The number of anilines is 2. The molecule has 0 saturated carbocycles. The van der Waals surface area contributed by atoms with Crippen LogP contribution in [0.4, 0.5) is 11.4 Å². The van der Waals surface area contributed by atoms with Gasteiger partial charge in [-0.25, -0.2) is 13.4 Å². The van der Waals surface area contributed by atoms with E-state index >= 15 is 0 Å². The van der Waals surface area contributed by atoms with Gasteiger partial charge < -0.3 is 10.1 Å². The first kappa shape index (κ1) is 23.6. The molecule has 0 bridgehead atoms. The Balaban J connectivity index is 1.38. The van der Waals surface area contributed by atoms with Crippen molar-refractivity contribution in [3.05, 3.63) is 101 Å². The van der Waals surface area contributed by atoms with Crippen LogP contribution in [0.25, 0.3) is 16.7 Å². The molecule has 0 atom stereocenters. The van der Waals surface area contributed by atoms with Gasteiger partial charge in [0.2, 0.25) is 0 Å². The minimum absolute atomic E-state index is 0.183. The van der Waals surface area contributed by atoms with E-state index in [4.69, 9.17) is 4.74 Å². The molecule has 7 nitrogen and oxygen atoms in total. The van der Waals surface area contributed by atoms with Gasteiger partial charge in [0.1, 0.15) is 11.5 Å². The van der Waals surface area contributed by atoms with Crippen LogP contribution in [0.2, 0.25) is 0 Å². The smallest absolute Gasteiger partial charge is 0.261 e. The third-order valence-electron chi connectivity index (χ3n) is 5.89. The van der Waals surface area contributed by atoms with Crippen LogP contribution >= 0.6 is 0 Å². The van der Waals surface area contributed by atoms with Gasteiger partial charge in [-0.05, 0) is 74.5 Å². The minimum atomic E-state index is -3.71. The molecule has 0 saturated heterocycles. The third-order valence-corrected chi connectivity index (χ3v) is 7.29. The van der Waals surface area contributed by atoms with Crippen molar-refractivity contribution in [1.82, 2.24) is 4.98 Å². The number of carbonyl (C=O) groups excluding carboxylic acids is 1. The lowest BCUT2D eigenvalue weighted by Crippen LogP contribution is -2.14. The second-order valence-corrected chi connectivity index (χ2v) is 10.4. The number of rotatable bonds is 6. The maximum Gasteiger partial charge on any atom is 0.261 e. The molecule has 0 unspecified atom stereocenters. The Kier molecular flexibility index (Phi) is 6.20. The molecule has 2 N–H and O–H groups in total. The molecule has 0 aliphatic carbocycles. The number of pyridine rings is 1. The zero-order valence-electron chi connectivity index (χ0n) is 19.9. The van der Waals surface area contributed by atoms with Crippen molar-refractivity contribution in [1.29, 1.82) is 0 Å². The predicted octanol–water partition coefficient (Wildman–Crippen LogP) is 5.67. The van der Waals surface area contributed by atoms with Gasteiger partial charge in [-0.1, -0.05) is 29.3 Å². The predicted molar refractivity (Wildman–Crippen MR) is 141 cm³/mol. The Morgan fingerprint density at radius 2 is 1.58 bits per heavy atom. The number of nitrogens with zero attached hydrogens (tertiary/aromatic N) is 1. The zero-order chi connectivity index (χ0) is 25.3. The summed E-state index contributed by atoms with van der Waals surface area (Å²) in [5.41, 5.74) is 4.74. The molecule has 182 valence electrons. The average molecular weight is 500 g/mol. The number of aromatic nitrogens is 1. The van der Waals surface area contributed by atoms with Gasteiger partial charge in [-0.3, -0.25) is 9.52 Å². The average Bonchev–Trinajstić information content (AvgIpc) is 3.40. The van der Waals surface area contributed by atoms with Crippen molar-refractivity contribution in [2.45, 2.75) is 25.2 Å². The van der Waals surface area contributed by atoms with Crippen molar-refractivity contribution in [2.24, 2.45) is 0 Å². The molecule has 1 amide bonds. The van der Waals surface area contributed by atoms with E-state index < -0.39 is 10.0 Å². The lowest BCUT2D eigenvalue weighted by atomic mass is 10.0. The van der Waals surface area contributed by atoms with Gasteiger partial charge in [-0.15, -0.1) is 0 Å². The van der Waals surface area contributed by atoms with Gasteiger partial charge in [0.15, 0.2) is 0 Å². The lowest BCUT2D eigenvalue weighted by molar-refractivity contribution is 0.102. The second kappa shape index (κ2) is 9.47. The first-order valence-electron chi connectivity index (χ1n) is 11.5. The largest absolute Gasteiger partial charge is 0.491 e. The first-order chi connectivity index (χ1) is 17.3. The molecular weight excluding hydrogens is 474 g/mol. The highest BCUT2D eigenvalue weighted by Crippen LogP contribution is 2.27. The number of carbonyl (C=O) groups is 1. The Bertz CT molecular complexity index is 1590. The highest BCUT2D eigenvalue weighted by Gasteiger charge is 2.18. The molecule has 0 fully saturated rings. The number of hydrogen-bond donors (Lipinski definition) is 2. The number of sulfonamides is 1. The van der Waals surface area contributed by atoms with E-state index in [0.29, 0.717) is 40.5 Å². The summed E-state index contributed by atoms with van der Waals surface area (Å²) in [7, 11) is -3.71. The summed E-state index contributed by atoms with van der Waals surface area (Å²) >= 11 is 0. The van der Waals surface area contributed by atoms with Crippen LogP contribution in [0, 0.1) is 13.8 Å². The van der Waals surface area contributed by atoms with Gasteiger partial charge in [0, 0.05) is 23.2 Å². The monoisotopic (exact) mass is 499 g/mol. The SMILES string of the molecule is Cc1ccc(S(=O)(=O)Nc2ccc(NC(=O)c3cc(C4=CCCO4)nc4ccc(C)cc34)cc2)cc1. The number of nitrogens with one attached hydrogen (secondary N) is 2. The van der Waals surface area contributed by atoms with Crippen LogP contribution < -0.4 is 10.0 Å². The summed E-state index contributed by atoms with van der Waals surface area (Å²) in [4.78, 5) is 18.2. The first-order valence-corrected chi connectivity index (χ1v) is 13.0. The number of benzene rings is 3. The van der Waals surface area contributed by atoms with Gasteiger partial charge in [0.25, 0.3) is 15.9 Å². The molecule has 5 rings (SSSR count). The van der Waals surface area contributed by atoms with E-state index in [9.17, 15) is 13.2 Å². The molecular formula is C28H25N3O4S. The van der Waals surface area contributed by atoms with E-state index in [0.717, 1.165) is 22.9 Å². The van der Waals surface area contributed by atoms with Crippen LogP contribution in [-0.2, 0) is 14.8 Å². The topological polar surface area (TPSA) is 97.4 Å². The fraction of sp³-hybridized carbons (Fsp3) is 0.143. The third kappa shape index (κ3) is 4.94. The zero-order valence-corrected chi connectivity index (χ0v) is 20.7. The molecule has 3 aromatic carbocycles. The van der Waals surface area contributed by atoms with E-state index in [1.54, 1.807) is 54.6 Å². The van der Waals surface area contributed by atoms with Gasteiger partial charge >= 0.3 is 0 Å². The molecule has 1 aromatic heterocycles. The molecule has 4 aromatic rings. The number of hydrogen-bond acceptors (Lipinski definition) is 5. The Morgan fingerprint density at radius 1 is 0.889 bits per heavy atom. The summed E-state index contributed by atoms with van der Waals surface area (Å²) in [6.07, 6.45) is 2.78. The maximum atomic E-state index is 13.3. The van der Waals surface area contributed by atoms with Crippen LogP contribution in [0.5, 0.6) is 0 Å². The molecule has 2 heterocycles. The molecule has 1 aliphatic heterocycles. The second-order valence-electron chi connectivity index (χ2n) is 8.73. The van der Waals surface area contributed by atoms with E-state index in [-0.39, 0.29) is 10.8 Å². The highest BCUT2D eigenvalue weighted by atomic mass is 32.2. The molecule has 36 heavy (non-hydrogen) atoms. The standard InChI is InChI=1S/C28H25N3O4S/c1-18-5-12-22(13-6-18)36(33,34)31-21-10-8-20(9-11-21)29-28(32)24-17-26(27-4-3-15-35-27)30-25-14-7-19(2)16-23(24)25/h4-14,16-17,31H,3,15H2,1-2H3,(H,29,32). The van der Waals surface area contributed by atoms with Crippen molar-refractivity contribution >= 4 is 44.0 Å². The Hall–Kier alpha value is -4.17. The Morgan fingerprint density at radius 3 is 2.28 bits per heavy atom. The van der Waals surface area contributed by atoms with Crippen LogP contribution in [0.3, 0.4) is 0 Å². The fourth-order valence-electron chi connectivity index (χ4n) is 4.00. The summed E-state index contributed by atoms with van der Waals surface area (Å²) in [6.45, 7) is 4.46. The van der Waals surface area contributed by atoms with Crippen molar-refractivity contribution in [2.75, 3.05) is 16.6 Å². The Labute approximate surface area is 209 Å². The minimum Gasteiger partial charge on any atom is -0.491 e. The van der Waals surface area contributed by atoms with Crippen LogP contribution in [0.1, 0.15) is 33.6 Å². The summed E-state index contributed by atoms with van der Waals surface area (Å²) in [5.74, 6) is 0.387. The molecule has 1 aliphatic rings. The summed E-state index contributed by atoms with van der Waals surface area (Å²) < 4.78 is 33.5. The van der Waals surface area contributed by atoms with Crippen molar-refractivity contribution < 1.29 is 17.9 Å². The number of fused-ring (bicyclic) bond motifs is 1. The highest BCUT2D eigenvalue weighted by molar-refractivity contribution is 7.92. The normalized spacial score (nSPS) is 13.2. The van der Waals surface area contributed by atoms with E-state index in [1.165, 1.54) is 0 Å². The van der Waals surface area contributed by atoms with Crippen LogP contribution in [-0.4, -0.2) is 25.9 Å². The molecule has 0 spiro atoms. The fourth-order valence-corrected chi connectivity index (χ4v) is 5.06. The summed E-state index contributed by atoms with van der Waals surface area (Å²) in [6, 6.07) is 20.7. The maximum absolute atomic E-state index is 13.3. The quantitative estimate of drug-likeness (QED) is 0.356. The summed E-state index contributed by atoms with van der Waals surface area (Å²) in [5, 5.41) is 3.66. The number of amides is 1. The van der Waals surface area contributed by atoms with E-state index in [2.05, 4.69) is 15.0 Å². The van der Waals surface area contributed by atoms with Crippen molar-refractivity contribution in [3.8, 4) is 0 Å². The van der Waals surface area contributed by atoms with Gasteiger partial charge in [0.05, 0.1) is 22.6 Å². The number of ether oxygens (including phenoxy) is 1. The van der Waals surface area contributed by atoms with Gasteiger partial charge in [-0.2, -0.15) is 0 Å². The van der Waals surface area contributed by atoms with Crippen LogP contribution in [0.15, 0.2) is 83.8 Å². The van der Waals surface area contributed by atoms with Crippen molar-refractivity contribution in [3.63, 3.8) is 0 Å². The lowest BCUT2D eigenvalue weighted by Gasteiger charge is -2.13. The number of aryl methyl sites for hydroxylation is 2. The van der Waals surface area contributed by atoms with E-state index in [1.807, 2.05) is 38.1 Å². The molecule has 8 heteroatoms.